The maximum Gasteiger partial charge on any atom is 0.184 e. The van der Waals surface area contributed by atoms with Crippen LogP contribution in [0.15, 0.2) is 48.5 Å². The molecule has 4 heteroatoms. The Kier molecular flexibility index (Phi) is 2.86. The van der Waals surface area contributed by atoms with Gasteiger partial charge in [-0.1, -0.05) is 35.6 Å². The fourth-order valence-corrected chi connectivity index (χ4v) is 2.69. The minimum absolute atomic E-state index is 0.741. The normalized spacial score (nSPS) is 10.7. The highest BCUT2D eigenvalue weighted by Crippen LogP contribution is 2.25. The molecule has 0 saturated heterocycles. The van der Waals surface area contributed by atoms with E-state index in [1.54, 1.807) is 11.3 Å². The van der Waals surface area contributed by atoms with Crippen LogP contribution in [-0.4, -0.2) is 4.98 Å². The minimum atomic E-state index is 0.741. The van der Waals surface area contributed by atoms with Crippen molar-refractivity contribution in [3.05, 3.63) is 54.1 Å². The van der Waals surface area contributed by atoms with E-state index in [1.807, 2.05) is 36.4 Å². The average Bonchev–Trinajstić information content (AvgIpc) is 2.79. The third-order valence-corrected chi connectivity index (χ3v) is 3.68. The zero-order chi connectivity index (χ0) is 12.4. The number of nitrogens with one attached hydrogen (secondary N) is 1. The summed E-state index contributed by atoms with van der Waals surface area (Å²) >= 11 is 1.67. The smallest absolute Gasteiger partial charge is 0.184 e. The fourth-order valence-electron chi connectivity index (χ4n) is 1.83. The molecule has 0 aliphatic heterocycles. The van der Waals surface area contributed by atoms with Crippen LogP contribution >= 0.6 is 11.3 Å². The van der Waals surface area contributed by atoms with E-state index in [4.69, 9.17) is 5.73 Å². The molecule has 0 aliphatic rings. The first-order valence-corrected chi connectivity index (χ1v) is 6.57. The van der Waals surface area contributed by atoms with Crippen molar-refractivity contribution in [1.82, 2.24) is 4.98 Å². The molecule has 18 heavy (non-hydrogen) atoms. The van der Waals surface area contributed by atoms with E-state index in [0.29, 0.717) is 0 Å². The first-order chi connectivity index (χ1) is 8.81. The van der Waals surface area contributed by atoms with E-state index in [-0.39, 0.29) is 0 Å². The molecule has 3 N–H and O–H groups in total. The van der Waals surface area contributed by atoms with Crippen molar-refractivity contribution in [3.63, 3.8) is 0 Å². The van der Waals surface area contributed by atoms with Gasteiger partial charge < -0.3 is 11.1 Å². The Labute approximate surface area is 109 Å². The molecular weight excluding hydrogens is 242 g/mol. The summed E-state index contributed by atoms with van der Waals surface area (Å²) in [4.78, 5) is 4.53. The number of fused-ring (bicyclic) bond motifs is 1. The Bertz CT molecular complexity index is 642. The lowest BCUT2D eigenvalue weighted by Crippen LogP contribution is -1.99. The molecule has 3 nitrogen and oxygen atoms in total. The number of para-hydroxylation sites is 1. The van der Waals surface area contributed by atoms with Crippen LogP contribution in [0.1, 0.15) is 5.56 Å². The van der Waals surface area contributed by atoms with Crippen LogP contribution in [0.3, 0.4) is 0 Å². The summed E-state index contributed by atoms with van der Waals surface area (Å²) in [5.41, 5.74) is 8.74. The Morgan fingerprint density at radius 3 is 2.83 bits per heavy atom. The van der Waals surface area contributed by atoms with Gasteiger partial charge >= 0.3 is 0 Å². The molecule has 0 radical (unpaired) electrons. The molecule has 0 saturated carbocycles. The van der Waals surface area contributed by atoms with Gasteiger partial charge in [-0.3, -0.25) is 0 Å². The Morgan fingerprint density at radius 1 is 1.11 bits per heavy atom. The highest BCUT2D eigenvalue weighted by molar-refractivity contribution is 7.22. The van der Waals surface area contributed by atoms with E-state index >= 15 is 0 Å². The Morgan fingerprint density at radius 2 is 2.00 bits per heavy atom. The van der Waals surface area contributed by atoms with Crippen LogP contribution in [0, 0.1) is 0 Å². The number of benzene rings is 2. The molecule has 0 bridgehead atoms. The van der Waals surface area contributed by atoms with Crippen molar-refractivity contribution in [3.8, 4) is 0 Å². The molecule has 0 atom stereocenters. The molecule has 3 aromatic rings. The molecular formula is C14H13N3S. The first-order valence-electron chi connectivity index (χ1n) is 5.75. The van der Waals surface area contributed by atoms with Crippen LogP contribution in [-0.2, 0) is 6.54 Å². The molecule has 1 heterocycles. The first kappa shape index (κ1) is 11.0. The lowest BCUT2D eigenvalue weighted by molar-refractivity contribution is 1.14. The van der Waals surface area contributed by atoms with Gasteiger partial charge in [-0.15, -0.1) is 0 Å². The second-order valence-electron chi connectivity index (χ2n) is 4.09. The predicted octanol–water partition coefficient (Wildman–Crippen LogP) is 3.49. The standard InChI is InChI=1S/C14H13N3S/c15-11-5-3-4-10(8-11)9-16-14-17-12-6-1-2-7-13(12)18-14/h1-8H,9,15H2,(H,16,17). The highest BCUT2D eigenvalue weighted by Gasteiger charge is 2.02. The maximum absolute atomic E-state index is 5.75. The van der Waals surface area contributed by atoms with Crippen molar-refractivity contribution in [2.75, 3.05) is 11.1 Å². The van der Waals surface area contributed by atoms with Crippen LogP contribution in [0.2, 0.25) is 0 Å². The van der Waals surface area contributed by atoms with E-state index in [0.717, 1.165) is 28.4 Å². The average molecular weight is 255 g/mol. The predicted molar refractivity (Wildman–Crippen MR) is 77.8 cm³/mol. The number of rotatable bonds is 3. The quantitative estimate of drug-likeness (QED) is 0.704. The van der Waals surface area contributed by atoms with Crippen LogP contribution in [0.4, 0.5) is 10.8 Å². The summed E-state index contributed by atoms with van der Waals surface area (Å²) in [6.07, 6.45) is 0. The number of anilines is 2. The number of hydrogen-bond acceptors (Lipinski definition) is 4. The summed E-state index contributed by atoms with van der Waals surface area (Å²) in [7, 11) is 0. The summed E-state index contributed by atoms with van der Waals surface area (Å²) in [5, 5.41) is 4.27. The van der Waals surface area contributed by atoms with Gasteiger partial charge in [0.25, 0.3) is 0 Å². The number of nitrogens with zero attached hydrogens (tertiary/aromatic N) is 1. The molecule has 0 fully saturated rings. The second kappa shape index (κ2) is 4.66. The van der Waals surface area contributed by atoms with Gasteiger partial charge in [-0.25, -0.2) is 4.98 Å². The molecule has 3 rings (SSSR count). The van der Waals surface area contributed by atoms with E-state index in [2.05, 4.69) is 22.4 Å². The van der Waals surface area contributed by atoms with Gasteiger partial charge in [0.2, 0.25) is 0 Å². The zero-order valence-corrected chi connectivity index (χ0v) is 10.6. The Hall–Kier alpha value is -2.07. The van der Waals surface area contributed by atoms with Gasteiger partial charge in [0, 0.05) is 12.2 Å². The number of nitrogens with two attached hydrogens (primary N) is 1. The minimum Gasteiger partial charge on any atom is -0.399 e. The van der Waals surface area contributed by atoms with Crippen LogP contribution in [0.5, 0.6) is 0 Å². The molecule has 2 aromatic carbocycles. The fraction of sp³-hybridized carbons (Fsp3) is 0.0714. The monoisotopic (exact) mass is 255 g/mol. The van der Waals surface area contributed by atoms with Gasteiger partial charge in [0.15, 0.2) is 5.13 Å². The molecule has 0 aliphatic carbocycles. The van der Waals surface area contributed by atoms with Crippen LogP contribution in [0.25, 0.3) is 10.2 Å². The summed E-state index contributed by atoms with van der Waals surface area (Å²) in [6.45, 7) is 0.741. The second-order valence-corrected chi connectivity index (χ2v) is 5.12. The third-order valence-electron chi connectivity index (χ3n) is 2.69. The largest absolute Gasteiger partial charge is 0.399 e. The van der Waals surface area contributed by atoms with E-state index in [9.17, 15) is 0 Å². The van der Waals surface area contributed by atoms with Gasteiger partial charge in [-0.2, -0.15) is 0 Å². The van der Waals surface area contributed by atoms with E-state index < -0.39 is 0 Å². The molecule has 0 amide bonds. The summed E-state index contributed by atoms with van der Waals surface area (Å²) in [6, 6.07) is 16.0. The third kappa shape index (κ3) is 2.28. The number of nitrogen functional groups attached to an aromatic ring is 1. The molecule has 0 spiro atoms. The maximum atomic E-state index is 5.75. The topological polar surface area (TPSA) is 50.9 Å². The van der Waals surface area contributed by atoms with Crippen LogP contribution < -0.4 is 11.1 Å². The zero-order valence-electron chi connectivity index (χ0n) is 9.76. The molecule has 1 aromatic heterocycles. The number of hydrogen-bond donors (Lipinski definition) is 2. The lowest BCUT2D eigenvalue weighted by Gasteiger charge is -2.03. The SMILES string of the molecule is Nc1cccc(CNc2nc3ccccc3s2)c1. The van der Waals surface area contributed by atoms with Crippen molar-refractivity contribution >= 4 is 32.4 Å². The highest BCUT2D eigenvalue weighted by atomic mass is 32.1. The Balaban J connectivity index is 1.76. The van der Waals surface area contributed by atoms with E-state index in [1.165, 1.54) is 4.70 Å². The summed E-state index contributed by atoms with van der Waals surface area (Å²) < 4.78 is 1.20. The van der Waals surface area contributed by atoms with Crippen molar-refractivity contribution in [2.45, 2.75) is 6.54 Å². The molecule has 90 valence electrons. The van der Waals surface area contributed by atoms with Crippen molar-refractivity contribution in [2.24, 2.45) is 0 Å². The van der Waals surface area contributed by atoms with Gasteiger partial charge in [0.1, 0.15) is 0 Å². The van der Waals surface area contributed by atoms with Gasteiger partial charge in [0.05, 0.1) is 10.2 Å². The summed E-state index contributed by atoms with van der Waals surface area (Å²) in [5.74, 6) is 0. The lowest BCUT2D eigenvalue weighted by atomic mass is 10.2. The molecule has 0 unspecified atom stereocenters. The van der Waals surface area contributed by atoms with Gasteiger partial charge in [-0.05, 0) is 29.8 Å². The number of thiazole rings is 1. The van der Waals surface area contributed by atoms with Crippen molar-refractivity contribution in [1.29, 1.82) is 0 Å². The number of aromatic nitrogens is 1. The van der Waals surface area contributed by atoms with Crippen molar-refractivity contribution < 1.29 is 0 Å².